The van der Waals surface area contributed by atoms with Gasteiger partial charge in [-0.2, -0.15) is 0 Å². The Labute approximate surface area is 146 Å². The van der Waals surface area contributed by atoms with Crippen LogP contribution in [0, 0.1) is 0 Å². The third kappa shape index (κ3) is 3.37. The average Bonchev–Trinajstić information content (AvgIpc) is 2.96. The van der Waals surface area contributed by atoms with Crippen LogP contribution in [0.3, 0.4) is 0 Å². The van der Waals surface area contributed by atoms with Crippen molar-refractivity contribution in [3.63, 3.8) is 0 Å². The lowest BCUT2D eigenvalue weighted by atomic mass is 9.84. The van der Waals surface area contributed by atoms with Crippen molar-refractivity contribution in [1.29, 1.82) is 0 Å². The number of aromatic amines is 1. The molecule has 1 heterocycles. The van der Waals surface area contributed by atoms with E-state index in [1.807, 2.05) is 54.7 Å². The maximum Gasteiger partial charge on any atom is 0.164 e. The van der Waals surface area contributed by atoms with E-state index in [0.29, 0.717) is 5.02 Å². The summed E-state index contributed by atoms with van der Waals surface area (Å²) in [6.07, 6.45) is 2.18. The molecule has 0 spiro atoms. The van der Waals surface area contributed by atoms with Crippen molar-refractivity contribution in [1.82, 2.24) is 4.98 Å². The molecule has 2 N–H and O–H groups in total. The summed E-state index contributed by atoms with van der Waals surface area (Å²) in [7, 11) is 0. The lowest BCUT2D eigenvalue weighted by Gasteiger charge is -2.22. The molecular formula is C20H20ClNO2. The summed E-state index contributed by atoms with van der Waals surface area (Å²) in [6.45, 7) is 3.06. The molecule has 2 aromatic carbocycles. The first-order valence-corrected chi connectivity index (χ1v) is 8.31. The lowest BCUT2D eigenvalue weighted by molar-refractivity contribution is -0.134. The second-order valence-electron chi connectivity index (χ2n) is 6.58. The summed E-state index contributed by atoms with van der Waals surface area (Å²) in [6, 6.07) is 15.5. The molecule has 124 valence electrons. The summed E-state index contributed by atoms with van der Waals surface area (Å²) in [4.78, 5) is 15.7. The number of fused-ring (bicyclic) bond motifs is 1. The standard InChI is InChI=1S/C20H20ClNO2/c1-20(2,24)19(23)11-16(13-7-9-14(21)10-8-13)17-12-22-18-6-4-3-5-15(17)18/h3-10,12,16,22,24H,11H2,1-2H3/t16-/m1/s1. The Kier molecular flexibility index (Phi) is 4.48. The third-order valence-electron chi connectivity index (χ3n) is 4.34. The molecule has 0 saturated carbocycles. The molecule has 0 aliphatic heterocycles. The van der Waals surface area contributed by atoms with E-state index in [1.54, 1.807) is 0 Å². The van der Waals surface area contributed by atoms with Crippen molar-refractivity contribution < 1.29 is 9.90 Å². The quantitative estimate of drug-likeness (QED) is 0.707. The Bertz CT molecular complexity index is 859. The zero-order valence-electron chi connectivity index (χ0n) is 13.7. The van der Waals surface area contributed by atoms with Gasteiger partial charge in [0.2, 0.25) is 0 Å². The molecule has 3 nitrogen and oxygen atoms in total. The SMILES string of the molecule is CC(C)(O)C(=O)C[C@H](c1ccc(Cl)cc1)c1c[nH]c2ccccc12. The summed E-state index contributed by atoms with van der Waals surface area (Å²) in [5.74, 6) is -0.329. The molecule has 0 radical (unpaired) electrons. The minimum absolute atomic E-state index is 0.141. The van der Waals surface area contributed by atoms with Crippen LogP contribution in [0.4, 0.5) is 0 Å². The number of benzene rings is 2. The van der Waals surface area contributed by atoms with E-state index in [9.17, 15) is 9.90 Å². The number of carbonyl (C=O) groups is 1. The molecule has 4 heteroatoms. The van der Waals surface area contributed by atoms with Crippen molar-refractivity contribution >= 4 is 28.3 Å². The predicted molar refractivity (Wildman–Crippen MR) is 97.5 cm³/mol. The molecule has 3 aromatic rings. The van der Waals surface area contributed by atoms with Gasteiger partial charge < -0.3 is 10.1 Å². The molecule has 1 atom stereocenters. The zero-order chi connectivity index (χ0) is 17.3. The highest BCUT2D eigenvalue weighted by Crippen LogP contribution is 2.35. The second-order valence-corrected chi connectivity index (χ2v) is 7.02. The fourth-order valence-corrected chi connectivity index (χ4v) is 3.05. The predicted octanol–water partition coefficient (Wildman–Crippen LogP) is 4.68. The van der Waals surface area contributed by atoms with E-state index in [2.05, 4.69) is 4.98 Å². The number of aliphatic hydroxyl groups is 1. The van der Waals surface area contributed by atoms with Crippen molar-refractivity contribution in [2.45, 2.75) is 31.8 Å². The van der Waals surface area contributed by atoms with E-state index < -0.39 is 5.60 Å². The van der Waals surface area contributed by atoms with Crippen LogP contribution in [-0.4, -0.2) is 21.5 Å². The minimum atomic E-state index is -1.35. The largest absolute Gasteiger partial charge is 0.383 e. The number of Topliss-reactive ketones (excluding diaryl/α,β-unsaturated/α-hetero) is 1. The van der Waals surface area contributed by atoms with E-state index in [4.69, 9.17) is 11.6 Å². The Morgan fingerprint density at radius 1 is 1.17 bits per heavy atom. The summed E-state index contributed by atoms with van der Waals surface area (Å²) in [5, 5.41) is 11.8. The molecule has 0 aliphatic carbocycles. The number of hydrogen-bond acceptors (Lipinski definition) is 2. The smallest absolute Gasteiger partial charge is 0.164 e. The minimum Gasteiger partial charge on any atom is -0.383 e. The van der Waals surface area contributed by atoms with Gasteiger partial charge in [-0.3, -0.25) is 4.79 Å². The van der Waals surface area contributed by atoms with Gasteiger partial charge in [0.15, 0.2) is 5.78 Å². The molecule has 0 aliphatic rings. The Hall–Kier alpha value is -2.10. The number of hydrogen-bond donors (Lipinski definition) is 2. The number of nitrogens with one attached hydrogen (secondary N) is 1. The van der Waals surface area contributed by atoms with Crippen LogP contribution >= 0.6 is 11.6 Å². The monoisotopic (exact) mass is 341 g/mol. The van der Waals surface area contributed by atoms with Gasteiger partial charge in [0.1, 0.15) is 5.60 Å². The first-order valence-electron chi connectivity index (χ1n) is 7.93. The number of carbonyl (C=O) groups excluding carboxylic acids is 1. The molecule has 0 unspecified atom stereocenters. The second kappa shape index (κ2) is 6.42. The molecule has 3 rings (SSSR count). The zero-order valence-corrected chi connectivity index (χ0v) is 14.5. The van der Waals surface area contributed by atoms with Crippen LogP contribution in [0.1, 0.15) is 37.3 Å². The van der Waals surface area contributed by atoms with E-state index >= 15 is 0 Å². The number of rotatable bonds is 5. The third-order valence-corrected chi connectivity index (χ3v) is 4.59. The van der Waals surface area contributed by atoms with E-state index in [0.717, 1.165) is 22.0 Å². The summed E-state index contributed by atoms with van der Waals surface area (Å²) < 4.78 is 0. The Morgan fingerprint density at radius 2 is 1.83 bits per heavy atom. The van der Waals surface area contributed by atoms with Gasteiger partial charge in [0.25, 0.3) is 0 Å². The first kappa shape index (κ1) is 16.7. The topological polar surface area (TPSA) is 53.1 Å². The maximum absolute atomic E-state index is 12.5. The van der Waals surface area contributed by atoms with Gasteiger partial charge in [-0.1, -0.05) is 41.9 Å². The van der Waals surface area contributed by atoms with Crippen LogP contribution in [-0.2, 0) is 4.79 Å². The van der Waals surface area contributed by atoms with Crippen molar-refractivity contribution in [3.05, 3.63) is 70.9 Å². The fourth-order valence-electron chi connectivity index (χ4n) is 2.92. The fraction of sp³-hybridized carbons (Fsp3) is 0.250. The molecule has 24 heavy (non-hydrogen) atoms. The normalized spacial score (nSPS) is 13.2. The van der Waals surface area contributed by atoms with E-state index in [-0.39, 0.29) is 18.1 Å². The van der Waals surface area contributed by atoms with Crippen LogP contribution in [0.15, 0.2) is 54.7 Å². The summed E-state index contributed by atoms with van der Waals surface area (Å²) in [5.41, 5.74) is 1.73. The van der Waals surface area contributed by atoms with Gasteiger partial charge in [-0.25, -0.2) is 0 Å². The van der Waals surface area contributed by atoms with Crippen molar-refractivity contribution in [2.24, 2.45) is 0 Å². The van der Waals surface area contributed by atoms with Gasteiger partial charge in [-0.05, 0) is 43.2 Å². The molecule has 0 amide bonds. The Morgan fingerprint density at radius 3 is 2.50 bits per heavy atom. The molecule has 0 bridgehead atoms. The number of aromatic nitrogens is 1. The maximum atomic E-state index is 12.5. The van der Waals surface area contributed by atoms with Gasteiger partial charge >= 0.3 is 0 Å². The highest BCUT2D eigenvalue weighted by Gasteiger charge is 2.29. The van der Waals surface area contributed by atoms with Crippen LogP contribution in [0.5, 0.6) is 0 Å². The molecular weight excluding hydrogens is 322 g/mol. The number of para-hydroxylation sites is 1. The first-order chi connectivity index (χ1) is 11.4. The average molecular weight is 342 g/mol. The number of ketones is 1. The highest BCUT2D eigenvalue weighted by atomic mass is 35.5. The molecule has 1 aromatic heterocycles. The highest BCUT2D eigenvalue weighted by molar-refractivity contribution is 6.30. The van der Waals surface area contributed by atoms with Gasteiger partial charge in [-0.15, -0.1) is 0 Å². The van der Waals surface area contributed by atoms with Crippen LogP contribution < -0.4 is 0 Å². The van der Waals surface area contributed by atoms with Crippen LogP contribution in [0.25, 0.3) is 10.9 Å². The summed E-state index contributed by atoms with van der Waals surface area (Å²) >= 11 is 6.00. The van der Waals surface area contributed by atoms with E-state index in [1.165, 1.54) is 13.8 Å². The number of halogens is 1. The van der Waals surface area contributed by atoms with Crippen molar-refractivity contribution in [3.8, 4) is 0 Å². The lowest BCUT2D eigenvalue weighted by Crippen LogP contribution is -2.32. The Balaban J connectivity index is 2.08. The van der Waals surface area contributed by atoms with Gasteiger partial charge in [0.05, 0.1) is 0 Å². The van der Waals surface area contributed by atoms with Crippen LogP contribution in [0.2, 0.25) is 5.02 Å². The molecule has 0 fully saturated rings. The van der Waals surface area contributed by atoms with Gasteiger partial charge in [0, 0.05) is 34.5 Å². The number of H-pyrrole nitrogens is 1. The molecule has 0 saturated heterocycles. The van der Waals surface area contributed by atoms with Crippen molar-refractivity contribution in [2.75, 3.05) is 0 Å².